The van der Waals surface area contributed by atoms with Gasteiger partial charge >= 0.3 is 0 Å². The second-order valence-corrected chi connectivity index (χ2v) is 13.4. The molecule has 212 valence electrons. The van der Waals surface area contributed by atoms with Gasteiger partial charge in [-0.25, -0.2) is 8.42 Å². The molecule has 11 heteroatoms. The van der Waals surface area contributed by atoms with Crippen molar-refractivity contribution in [2.24, 2.45) is 0 Å². The fraction of sp³-hybridized carbons (Fsp3) is 0.310. The number of anilines is 1. The van der Waals surface area contributed by atoms with E-state index in [-0.39, 0.29) is 29.1 Å². The van der Waals surface area contributed by atoms with Gasteiger partial charge in [-0.15, -0.1) is 0 Å². The average Bonchev–Trinajstić information content (AvgIpc) is 3.44. The molecule has 0 saturated heterocycles. The molecule has 1 atom stereocenters. The van der Waals surface area contributed by atoms with Crippen LogP contribution in [0.1, 0.15) is 38.2 Å². The fourth-order valence-electron chi connectivity index (χ4n) is 4.65. The van der Waals surface area contributed by atoms with Crippen molar-refractivity contribution in [3.63, 3.8) is 0 Å². The maximum Gasteiger partial charge on any atom is 0.264 e. The summed E-state index contributed by atoms with van der Waals surface area (Å²) in [5.41, 5.74) is 1.02. The lowest BCUT2D eigenvalue weighted by molar-refractivity contribution is -0.139. The van der Waals surface area contributed by atoms with Crippen molar-refractivity contribution >= 4 is 66.7 Å². The molecule has 1 aliphatic carbocycles. The number of carbonyl (C=O) groups is 2. The van der Waals surface area contributed by atoms with Crippen molar-refractivity contribution in [1.82, 2.24) is 10.2 Å². The minimum Gasteiger partial charge on any atom is -0.352 e. The van der Waals surface area contributed by atoms with Crippen LogP contribution in [-0.2, 0) is 26.2 Å². The summed E-state index contributed by atoms with van der Waals surface area (Å²) in [6.45, 7) is 1.25. The van der Waals surface area contributed by atoms with Gasteiger partial charge in [-0.2, -0.15) is 0 Å². The van der Waals surface area contributed by atoms with Crippen molar-refractivity contribution in [3.05, 3.63) is 92.9 Å². The van der Waals surface area contributed by atoms with Crippen molar-refractivity contribution in [3.8, 4) is 0 Å². The standard InChI is InChI=1S/C29H30BrCl2N3O4S/c1-20(29(37)33-25-6-2-3-7-25)34(18-21-9-11-22(30)12-10-21)28(36)19-35(26-8-4-5-24(32)17-26)40(38,39)27-15-13-23(31)14-16-27/h4-5,8-17,20,25H,2-3,6-7,18-19H2,1H3,(H,33,37)/t20-/m1/s1. The number of halogens is 3. The van der Waals surface area contributed by atoms with Gasteiger partial charge in [0.25, 0.3) is 10.0 Å². The Morgan fingerprint density at radius 3 is 2.25 bits per heavy atom. The van der Waals surface area contributed by atoms with Crippen LogP contribution in [0.2, 0.25) is 10.0 Å². The Morgan fingerprint density at radius 2 is 1.62 bits per heavy atom. The first-order valence-electron chi connectivity index (χ1n) is 12.9. The number of sulfonamides is 1. The molecule has 1 aliphatic rings. The maximum absolute atomic E-state index is 14.0. The van der Waals surface area contributed by atoms with Crippen molar-refractivity contribution in [2.75, 3.05) is 10.8 Å². The highest BCUT2D eigenvalue weighted by Crippen LogP contribution is 2.28. The highest BCUT2D eigenvalue weighted by molar-refractivity contribution is 9.10. The SMILES string of the molecule is C[C@H](C(=O)NC1CCCC1)N(Cc1ccc(Br)cc1)C(=O)CN(c1cccc(Cl)c1)S(=O)(=O)c1ccc(Cl)cc1. The van der Waals surface area contributed by atoms with Gasteiger partial charge in [0, 0.05) is 27.1 Å². The number of nitrogens with zero attached hydrogens (tertiary/aromatic N) is 2. The normalized spacial score (nSPS) is 14.5. The van der Waals surface area contributed by atoms with Crippen LogP contribution < -0.4 is 9.62 Å². The smallest absolute Gasteiger partial charge is 0.264 e. The molecule has 0 spiro atoms. The number of amides is 2. The summed E-state index contributed by atoms with van der Waals surface area (Å²) in [5, 5.41) is 3.76. The van der Waals surface area contributed by atoms with Gasteiger partial charge in [0.05, 0.1) is 10.6 Å². The minimum absolute atomic E-state index is 0.0313. The van der Waals surface area contributed by atoms with E-state index >= 15 is 0 Å². The predicted octanol–water partition coefficient (Wildman–Crippen LogP) is 6.43. The van der Waals surface area contributed by atoms with Crippen LogP contribution in [0.25, 0.3) is 0 Å². The second kappa shape index (κ2) is 13.4. The molecule has 0 heterocycles. The summed E-state index contributed by atoms with van der Waals surface area (Å²) >= 11 is 15.6. The summed E-state index contributed by atoms with van der Waals surface area (Å²) in [4.78, 5) is 28.6. The third-order valence-corrected chi connectivity index (χ3v) is 9.72. The van der Waals surface area contributed by atoms with E-state index in [0.717, 1.165) is 40.0 Å². The molecule has 4 rings (SSSR count). The number of rotatable bonds is 10. The largest absolute Gasteiger partial charge is 0.352 e. The lowest BCUT2D eigenvalue weighted by Gasteiger charge is -2.32. The van der Waals surface area contributed by atoms with E-state index in [2.05, 4.69) is 21.2 Å². The highest BCUT2D eigenvalue weighted by atomic mass is 79.9. The van der Waals surface area contributed by atoms with Gasteiger partial charge in [0.1, 0.15) is 12.6 Å². The molecule has 0 unspecified atom stereocenters. The topological polar surface area (TPSA) is 86.8 Å². The first-order valence-corrected chi connectivity index (χ1v) is 15.9. The zero-order valence-electron chi connectivity index (χ0n) is 21.9. The van der Waals surface area contributed by atoms with Crippen LogP contribution in [0.4, 0.5) is 5.69 Å². The summed E-state index contributed by atoms with van der Waals surface area (Å²) in [5.74, 6) is -0.804. The van der Waals surface area contributed by atoms with Crippen molar-refractivity contribution in [1.29, 1.82) is 0 Å². The van der Waals surface area contributed by atoms with E-state index in [1.54, 1.807) is 25.1 Å². The summed E-state index contributed by atoms with van der Waals surface area (Å²) in [7, 11) is -4.20. The van der Waals surface area contributed by atoms with Crippen LogP contribution in [-0.4, -0.2) is 43.8 Å². The quantitative estimate of drug-likeness (QED) is 0.270. The number of benzene rings is 3. The molecule has 0 aromatic heterocycles. The lowest BCUT2D eigenvalue weighted by atomic mass is 10.1. The zero-order chi connectivity index (χ0) is 28.9. The van der Waals surface area contributed by atoms with E-state index in [1.165, 1.54) is 35.2 Å². The number of hydrogen-bond donors (Lipinski definition) is 1. The van der Waals surface area contributed by atoms with Gasteiger partial charge in [-0.3, -0.25) is 13.9 Å². The first kappa shape index (κ1) is 30.4. The second-order valence-electron chi connectivity index (χ2n) is 9.76. The molecular formula is C29H30BrCl2N3O4S. The molecule has 0 aliphatic heterocycles. The van der Waals surface area contributed by atoms with Crippen LogP contribution in [0, 0.1) is 0 Å². The molecule has 3 aromatic rings. The zero-order valence-corrected chi connectivity index (χ0v) is 25.8. The molecule has 1 N–H and O–H groups in total. The number of carbonyl (C=O) groups excluding carboxylic acids is 2. The summed E-state index contributed by atoms with van der Waals surface area (Å²) in [6, 6.07) is 18.7. The predicted molar refractivity (Wildman–Crippen MR) is 162 cm³/mol. The maximum atomic E-state index is 14.0. The first-order chi connectivity index (χ1) is 19.0. The molecule has 3 aromatic carbocycles. The Balaban J connectivity index is 1.68. The monoisotopic (exact) mass is 665 g/mol. The molecular weight excluding hydrogens is 637 g/mol. The molecule has 1 saturated carbocycles. The number of nitrogens with one attached hydrogen (secondary N) is 1. The Kier molecular flexibility index (Phi) is 10.2. The van der Waals surface area contributed by atoms with Crippen LogP contribution >= 0.6 is 39.1 Å². The van der Waals surface area contributed by atoms with E-state index in [9.17, 15) is 18.0 Å². The highest BCUT2D eigenvalue weighted by Gasteiger charge is 2.33. The average molecular weight is 667 g/mol. The van der Waals surface area contributed by atoms with E-state index < -0.39 is 28.5 Å². The minimum atomic E-state index is -4.20. The Morgan fingerprint density at radius 1 is 0.975 bits per heavy atom. The molecule has 7 nitrogen and oxygen atoms in total. The Hall–Kier alpha value is -2.59. The van der Waals surface area contributed by atoms with Gasteiger partial charge in [-0.1, -0.05) is 70.2 Å². The van der Waals surface area contributed by atoms with Gasteiger partial charge < -0.3 is 10.2 Å². The third kappa shape index (κ3) is 7.57. The summed E-state index contributed by atoms with van der Waals surface area (Å²) < 4.78 is 29.5. The molecule has 0 radical (unpaired) electrons. The number of hydrogen-bond acceptors (Lipinski definition) is 4. The molecule has 0 bridgehead atoms. The fourth-order valence-corrected chi connectivity index (χ4v) is 6.64. The van der Waals surface area contributed by atoms with Crippen molar-refractivity contribution < 1.29 is 18.0 Å². The van der Waals surface area contributed by atoms with E-state index in [0.29, 0.717) is 10.0 Å². The molecule has 40 heavy (non-hydrogen) atoms. The summed E-state index contributed by atoms with van der Waals surface area (Å²) in [6.07, 6.45) is 3.91. The Bertz CT molecular complexity index is 1450. The van der Waals surface area contributed by atoms with E-state index in [4.69, 9.17) is 23.2 Å². The van der Waals surface area contributed by atoms with Gasteiger partial charge in [-0.05, 0) is 79.9 Å². The van der Waals surface area contributed by atoms with Crippen LogP contribution in [0.15, 0.2) is 82.2 Å². The van der Waals surface area contributed by atoms with Crippen molar-refractivity contribution in [2.45, 2.75) is 56.1 Å². The van der Waals surface area contributed by atoms with Crippen LogP contribution in [0.3, 0.4) is 0 Å². The molecule has 1 fully saturated rings. The van der Waals surface area contributed by atoms with Crippen LogP contribution in [0.5, 0.6) is 0 Å². The van der Waals surface area contributed by atoms with E-state index in [1.807, 2.05) is 24.3 Å². The van der Waals surface area contributed by atoms with Gasteiger partial charge in [0.15, 0.2) is 0 Å². The Labute approximate surface area is 253 Å². The van der Waals surface area contributed by atoms with Gasteiger partial charge in [0.2, 0.25) is 11.8 Å². The lowest BCUT2D eigenvalue weighted by Crippen LogP contribution is -2.52. The third-order valence-electron chi connectivity index (χ3n) is 6.91. The molecule has 2 amide bonds.